The van der Waals surface area contributed by atoms with Gasteiger partial charge in [0.15, 0.2) is 6.61 Å². The molecule has 0 spiro atoms. The maximum atomic E-state index is 12.6. The molecule has 7 nitrogen and oxygen atoms in total. The molecule has 0 aliphatic heterocycles. The lowest BCUT2D eigenvalue weighted by molar-refractivity contribution is -0.130. The number of aromatic carboxylic acids is 1. The lowest BCUT2D eigenvalue weighted by Crippen LogP contribution is -2.30. The third kappa shape index (κ3) is 5.33. The first kappa shape index (κ1) is 21.0. The molecule has 2 aromatic rings. The van der Waals surface area contributed by atoms with Gasteiger partial charge in [0.05, 0.1) is 11.6 Å². The molecule has 0 radical (unpaired) electrons. The lowest BCUT2D eigenvalue weighted by Gasteiger charge is -2.21. The highest BCUT2D eigenvalue weighted by Gasteiger charge is 2.19. The van der Waals surface area contributed by atoms with Gasteiger partial charge in [-0.3, -0.25) is 9.59 Å². The number of nitrogens with one attached hydrogen (secondary N) is 1. The number of rotatable bonds is 8. The number of likely N-dealkylation sites (N-methyl/N-ethyl adjacent to an activating group) is 1. The van der Waals surface area contributed by atoms with Crippen molar-refractivity contribution < 1.29 is 24.2 Å². The van der Waals surface area contributed by atoms with Gasteiger partial charge < -0.3 is 20.1 Å². The third-order valence-corrected chi connectivity index (χ3v) is 4.25. The number of carboxylic acids is 1. The maximum Gasteiger partial charge on any atom is 0.335 e. The van der Waals surface area contributed by atoms with Crippen LogP contribution in [0.4, 0.5) is 0 Å². The van der Waals surface area contributed by atoms with Gasteiger partial charge in [-0.25, -0.2) is 4.79 Å². The van der Waals surface area contributed by atoms with E-state index in [0.717, 1.165) is 5.56 Å². The summed E-state index contributed by atoms with van der Waals surface area (Å²) in [6.45, 7) is 1.84. The molecule has 1 unspecified atom stereocenters. The smallest absolute Gasteiger partial charge is 0.335 e. The zero-order chi connectivity index (χ0) is 20.7. The fraction of sp³-hybridized carbons (Fsp3) is 0.286. The van der Waals surface area contributed by atoms with Crippen molar-refractivity contribution in [2.75, 3.05) is 20.7 Å². The van der Waals surface area contributed by atoms with Crippen molar-refractivity contribution >= 4 is 17.8 Å². The second-order valence-corrected chi connectivity index (χ2v) is 6.43. The Hall–Kier alpha value is -3.35. The van der Waals surface area contributed by atoms with Crippen LogP contribution < -0.4 is 10.1 Å². The molecule has 0 fully saturated rings. The van der Waals surface area contributed by atoms with Gasteiger partial charge in [-0.2, -0.15) is 0 Å². The van der Waals surface area contributed by atoms with E-state index in [9.17, 15) is 14.4 Å². The first-order valence-corrected chi connectivity index (χ1v) is 8.89. The quantitative estimate of drug-likeness (QED) is 0.730. The van der Waals surface area contributed by atoms with Crippen molar-refractivity contribution in [2.24, 2.45) is 0 Å². The fourth-order valence-corrected chi connectivity index (χ4v) is 2.57. The molecule has 0 heterocycles. The van der Waals surface area contributed by atoms with Gasteiger partial charge in [0.2, 0.25) is 0 Å². The summed E-state index contributed by atoms with van der Waals surface area (Å²) in [7, 11) is 3.31. The van der Waals surface area contributed by atoms with E-state index in [1.54, 1.807) is 26.2 Å². The molecular formula is C21H24N2O5. The van der Waals surface area contributed by atoms with Gasteiger partial charge >= 0.3 is 5.97 Å². The Labute approximate surface area is 163 Å². The molecule has 0 bridgehead atoms. The molecule has 0 saturated heterocycles. The highest BCUT2D eigenvalue weighted by molar-refractivity contribution is 5.96. The van der Waals surface area contributed by atoms with Crippen molar-refractivity contribution in [3.05, 3.63) is 65.2 Å². The number of carbonyl (C=O) groups is 3. The Morgan fingerprint density at radius 3 is 2.21 bits per heavy atom. The molecule has 7 heteroatoms. The minimum atomic E-state index is -1.04. The zero-order valence-corrected chi connectivity index (χ0v) is 16.1. The Bertz CT molecular complexity index is 846. The van der Waals surface area contributed by atoms with Crippen LogP contribution in [0.1, 0.15) is 45.7 Å². The van der Waals surface area contributed by atoms with Gasteiger partial charge in [0, 0.05) is 25.2 Å². The summed E-state index contributed by atoms with van der Waals surface area (Å²) in [6, 6.07) is 12.7. The minimum absolute atomic E-state index is 0.0922. The van der Waals surface area contributed by atoms with E-state index in [1.807, 2.05) is 19.1 Å². The second-order valence-electron chi connectivity index (χ2n) is 6.43. The SMILES string of the molecule is CCC(NC(=O)c1ccc(C(=O)O)cc1)c1ccccc1OCC(=O)N(C)C. The molecule has 28 heavy (non-hydrogen) atoms. The Morgan fingerprint density at radius 1 is 1.04 bits per heavy atom. The number of para-hydroxylation sites is 1. The number of benzene rings is 2. The summed E-state index contributed by atoms with van der Waals surface area (Å²) in [5, 5.41) is 11.9. The number of ether oxygens (including phenoxy) is 1. The van der Waals surface area contributed by atoms with Gasteiger partial charge in [0.25, 0.3) is 11.8 Å². The average Bonchev–Trinajstić information content (AvgIpc) is 2.70. The topological polar surface area (TPSA) is 95.9 Å². The highest BCUT2D eigenvalue weighted by atomic mass is 16.5. The second kappa shape index (κ2) is 9.55. The van der Waals surface area contributed by atoms with Crippen molar-refractivity contribution in [2.45, 2.75) is 19.4 Å². The maximum absolute atomic E-state index is 12.6. The minimum Gasteiger partial charge on any atom is -0.483 e. The molecule has 0 aliphatic carbocycles. The fourth-order valence-electron chi connectivity index (χ4n) is 2.57. The standard InChI is InChI=1S/C21H24N2O5/c1-4-17(22-20(25)14-9-11-15(12-10-14)21(26)27)16-7-5-6-8-18(16)28-13-19(24)23(2)3/h5-12,17H,4,13H2,1-3H3,(H,22,25)(H,26,27). The third-order valence-electron chi connectivity index (χ3n) is 4.25. The zero-order valence-electron chi connectivity index (χ0n) is 16.1. The molecule has 0 aromatic heterocycles. The molecule has 2 rings (SSSR count). The van der Waals surface area contributed by atoms with Gasteiger partial charge in [-0.1, -0.05) is 25.1 Å². The Morgan fingerprint density at radius 2 is 1.64 bits per heavy atom. The molecule has 148 valence electrons. The van der Waals surface area contributed by atoms with Crippen LogP contribution in [0.3, 0.4) is 0 Å². The summed E-state index contributed by atoms with van der Waals surface area (Å²) in [5.41, 5.74) is 1.25. The van der Waals surface area contributed by atoms with Gasteiger partial charge in [-0.15, -0.1) is 0 Å². The van der Waals surface area contributed by atoms with E-state index in [0.29, 0.717) is 17.7 Å². The van der Waals surface area contributed by atoms with Crippen LogP contribution in [-0.4, -0.2) is 48.5 Å². The molecular weight excluding hydrogens is 360 g/mol. The number of carboxylic acid groups (broad SMARTS) is 1. The predicted octanol–water partition coefficient (Wildman–Crippen LogP) is 2.73. The molecule has 0 aliphatic rings. The van der Waals surface area contributed by atoms with E-state index in [1.165, 1.54) is 29.2 Å². The van der Waals surface area contributed by atoms with E-state index in [2.05, 4.69) is 5.32 Å². The van der Waals surface area contributed by atoms with E-state index in [-0.39, 0.29) is 30.0 Å². The predicted molar refractivity (Wildman–Crippen MR) is 105 cm³/mol. The van der Waals surface area contributed by atoms with Crippen molar-refractivity contribution in [1.82, 2.24) is 10.2 Å². The first-order chi connectivity index (χ1) is 13.3. The number of carbonyl (C=O) groups excluding carboxylic acids is 2. The van der Waals surface area contributed by atoms with Gasteiger partial charge in [0.1, 0.15) is 5.75 Å². The largest absolute Gasteiger partial charge is 0.483 e. The first-order valence-electron chi connectivity index (χ1n) is 8.89. The van der Waals surface area contributed by atoms with Crippen LogP contribution in [0.15, 0.2) is 48.5 Å². The van der Waals surface area contributed by atoms with Crippen LogP contribution in [0.5, 0.6) is 5.75 Å². The van der Waals surface area contributed by atoms with Gasteiger partial charge in [-0.05, 0) is 36.8 Å². The molecule has 2 N–H and O–H groups in total. The van der Waals surface area contributed by atoms with Crippen LogP contribution in [-0.2, 0) is 4.79 Å². The summed E-state index contributed by atoms with van der Waals surface area (Å²) < 4.78 is 5.66. The molecule has 0 saturated carbocycles. The molecule has 1 atom stereocenters. The van der Waals surface area contributed by atoms with Crippen molar-refractivity contribution in [1.29, 1.82) is 0 Å². The number of hydrogen-bond donors (Lipinski definition) is 2. The number of amides is 2. The highest BCUT2D eigenvalue weighted by Crippen LogP contribution is 2.27. The van der Waals surface area contributed by atoms with Crippen LogP contribution in [0, 0.1) is 0 Å². The number of hydrogen-bond acceptors (Lipinski definition) is 4. The van der Waals surface area contributed by atoms with E-state index >= 15 is 0 Å². The number of nitrogens with zero attached hydrogens (tertiary/aromatic N) is 1. The average molecular weight is 384 g/mol. The Balaban J connectivity index is 2.15. The van der Waals surface area contributed by atoms with E-state index in [4.69, 9.17) is 9.84 Å². The van der Waals surface area contributed by atoms with Crippen molar-refractivity contribution in [3.63, 3.8) is 0 Å². The monoisotopic (exact) mass is 384 g/mol. The summed E-state index contributed by atoms with van der Waals surface area (Å²) in [5.74, 6) is -0.990. The molecule has 2 aromatic carbocycles. The van der Waals surface area contributed by atoms with E-state index < -0.39 is 5.97 Å². The van der Waals surface area contributed by atoms with Crippen LogP contribution in [0.25, 0.3) is 0 Å². The van der Waals surface area contributed by atoms with Crippen LogP contribution in [0.2, 0.25) is 0 Å². The van der Waals surface area contributed by atoms with Crippen LogP contribution >= 0.6 is 0 Å². The normalized spacial score (nSPS) is 11.4. The molecule has 2 amide bonds. The summed E-state index contributed by atoms with van der Waals surface area (Å²) in [6.07, 6.45) is 0.612. The van der Waals surface area contributed by atoms with Crippen molar-refractivity contribution in [3.8, 4) is 5.75 Å². The lowest BCUT2D eigenvalue weighted by atomic mass is 10.0. The summed E-state index contributed by atoms with van der Waals surface area (Å²) in [4.78, 5) is 36.8. The summed E-state index contributed by atoms with van der Waals surface area (Å²) >= 11 is 0. The Kier molecular flexibility index (Phi) is 7.14.